The molecule has 0 unspecified atom stereocenters. The highest BCUT2D eigenvalue weighted by Gasteiger charge is 2.34. The first kappa shape index (κ1) is 24.7. The number of amides is 1. The predicted octanol–water partition coefficient (Wildman–Crippen LogP) is 4.38. The lowest BCUT2D eigenvalue weighted by Crippen LogP contribution is -2.55. The molecule has 1 saturated heterocycles. The van der Waals surface area contributed by atoms with Gasteiger partial charge in [-0.25, -0.2) is 14.8 Å². The van der Waals surface area contributed by atoms with Gasteiger partial charge < -0.3 is 29.4 Å². The molecule has 3 aromatic heterocycles. The van der Waals surface area contributed by atoms with E-state index in [1.807, 2.05) is 10.3 Å². The van der Waals surface area contributed by atoms with Crippen LogP contribution in [0.1, 0.15) is 22.6 Å². The van der Waals surface area contributed by atoms with Crippen molar-refractivity contribution in [2.45, 2.75) is 25.5 Å². The molecule has 0 radical (unpaired) electrons. The minimum absolute atomic E-state index is 0.193. The fourth-order valence-electron chi connectivity index (χ4n) is 3.56. The Morgan fingerprint density at radius 2 is 2.09 bits per heavy atom. The summed E-state index contributed by atoms with van der Waals surface area (Å²) in [6.07, 6.45) is 1.10. The number of aryl methyl sites for hydroxylation is 1. The zero-order valence-electron chi connectivity index (χ0n) is 18.4. The van der Waals surface area contributed by atoms with Crippen LogP contribution in [-0.2, 0) is 9.47 Å². The van der Waals surface area contributed by atoms with Crippen molar-refractivity contribution in [1.82, 2.24) is 20.3 Å². The summed E-state index contributed by atoms with van der Waals surface area (Å²) < 4.78 is 15.6. The first-order valence-corrected chi connectivity index (χ1v) is 12.6. The van der Waals surface area contributed by atoms with Crippen LogP contribution in [0.3, 0.4) is 0 Å². The highest BCUT2D eigenvalue weighted by atomic mass is 35.5. The predicted molar refractivity (Wildman–Crippen MR) is 131 cm³/mol. The average molecular weight is 546 g/mol. The Kier molecular flexibility index (Phi) is 7.63. The van der Waals surface area contributed by atoms with Crippen molar-refractivity contribution >= 4 is 63.1 Å². The number of rotatable bonds is 6. The van der Waals surface area contributed by atoms with Crippen molar-refractivity contribution in [2.75, 3.05) is 32.2 Å². The summed E-state index contributed by atoms with van der Waals surface area (Å²) in [5, 5.41) is 6.90. The monoisotopic (exact) mass is 545 g/mol. The van der Waals surface area contributed by atoms with Crippen LogP contribution in [0, 0.1) is 6.92 Å². The van der Waals surface area contributed by atoms with E-state index in [9.17, 15) is 9.59 Å². The number of thiazole rings is 2. The number of carbonyl (C=O) groups excluding carboxylic acids is 2. The zero-order chi connectivity index (χ0) is 24.4. The van der Waals surface area contributed by atoms with Crippen LogP contribution in [0.15, 0.2) is 11.6 Å². The maximum Gasteiger partial charge on any atom is 0.514 e. The summed E-state index contributed by atoms with van der Waals surface area (Å²) in [5.74, 6) is -0.352. The number of aromatic nitrogens is 3. The number of carbonyl (C=O) groups is 2. The van der Waals surface area contributed by atoms with E-state index in [1.54, 1.807) is 20.2 Å². The second kappa shape index (κ2) is 10.5. The van der Waals surface area contributed by atoms with Crippen LogP contribution in [0.4, 0.5) is 9.93 Å². The third-order valence-corrected chi connectivity index (χ3v) is 8.01. The van der Waals surface area contributed by atoms with Crippen molar-refractivity contribution in [2.24, 2.45) is 0 Å². The summed E-state index contributed by atoms with van der Waals surface area (Å²) in [4.78, 5) is 38.4. The van der Waals surface area contributed by atoms with E-state index in [-0.39, 0.29) is 28.8 Å². The van der Waals surface area contributed by atoms with E-state index in [2.05, 4.69) is 25.0 Å². The van der Waals surface area contributed by atoms with Gasteiger partial charge in [-0.2, -0.15) is 0 Å². The fraction of sp³-hybridized carbons (Fsp3) is 0.400. The molecule has 1 amide bonds. The highest BCUT2D eigenvalue weighted by molar-refractivity contribution is 7.18. The molecular weight excluding hydrogens is 525 g/mol. The Labute approximate surface area is 213 Å². The van der Waals surface area contributed by atoms with Crippen molar-refractivity contribution in [3.8, 4) is 15.8 Å². The van der Waals surface area contributed by atoms with Gasteiger partial charge >= 0.3 is 6.16 Å². The summed E-state index contributed by atoms with van der Waals surface area (Å²) in [7, 11) is 2.83. The van der Waals surface area contributed by atoms with E-state index in [0.717, 1.165) is 0 Å². The van der Waals surface area contributed by atoms with Crippen LogP contribution in [0.5, 0.6) is 5.06 Å². The molecule has 1 fully saturated rings. The number of nitrogens with zero attached hydrogens (tertiary/aromatic N) is 3. The standard InChI is InChI=1S/C20H21Cl2N5O5S2/c1-9-12(21)13(22)14(24-9)16(28)25-10-4-6-27(8-11(10)30-2)19-26-15(17-23-5-7-33-17)18(34-19)32-20(29)31-3/h5,7,10-11,24H,4,6,8H2,1-3H3,(H,25,28)/t10-,11+/m1/s1. The van der Waals surface area contributed by atoms with Gasteiger partial charge in [-0.15, -0.1) is 11.3 Å². The fourth-order valence-corrected chi connectivity index (χ4v) is 5.61. The Morgan fingerprint density at radius 3 is 2.71 bits per heavy atom. The average Bonchev–Trinajstić information content (AvgIpc) is 3.56. The number of halogens is 2. The molecule has 14 heteroatoms. The first-order valence-electron chi connectivity index (χ1n) is 10.1. The lowest BCUT2D eigenvalue weighted by molar-refractivity contribution is 0.0540. The summed E-state index contributed by atoms with van der Waals surface area (Å²) in [6.45, 7) is 2.79. The SMILES string of the molecule is COC(=O)Oc1sc(N2CC[C@@H](NC(=O)c3[nH]c(C)c(Cl)c3Cl)[C@@H](OC)C2)nc1-c1nccs1. The quantitative estimate of drug-likeness (QED) is 0.438. The molecule has 4 rings (SSSR count). The first-order chi connectivity index (χ1) is 16.3. The highest BCUT2D eigenvalue weighted by Crippen LogP contribution is 2.41. The van der Waals surface area contributed by atoms with Crippen LogP contribution in [0.2, 0.25) is 10.0 Å². The molecule has 10 nitrogen and oxygen atoms in total. The van der Waals surface area contributed by atoms with E-state index in [0.29, 0.717) is 51.1 Å². The normalized spacial score (nSPS) is 18.1. The number of methoxy groups -OCH3 is 2. The Morgan fingerprint density at radius 1 is 1.29 bits per heavy atom. The number of anilines is 1. The second-order valence-electron chi connectivity index (χ2n) is 7.37. The van der Waals surface area contributed by atoms with Gasteiger partial charge in [0.15, 0.2) is 10.8 Å². The molecule has 0 saturated carbocycles. The van der Waals surface area contributed by atoms with Gasteiger partial charge in [0.2, 0.25) is 5.06 Å². The number of ether oxygens (including phenoxy) is 3. The third-order valence-electron chi connectivity index (χ3n) is 5.29. The smallest absolute Gasteiger partial charge is 0.437 e. The molecule has 1 aliphatic heterocycles. The molecule has 2 atom stereocenters. The van der Waals surface area contributed by atoms with Crippen molar-refractivity contribution < 1.29 is 23.8 Å². The van der Waals surface area contributed by atoms with Crippen molar-refractivity contribution in [3.63, 3.8) is 0 Å². The van der Waals surface area contributed by atoms with Gasteiger partial charge in [0, 0.05) is 37.5 Å². The lowest BCUT2D eigenvalue weighted by atomic mass is 10.0. The van der Waals surface area contributed by atoms with E-state index >= 15 is 0 Å². The van der Waals surface area contributed by atoms with Crippen LogP contribution < -0.4 is 15.0 Å². The van der Waals surface area contributed by atoms with Crippen molar-refractivity contribution in [3.05, 3.63) is 33.0 Å². The Balaban J connectivity index is 1.50. The zero-order valence-corrected chi connectivity index (χ0v) is 21.5. The van der Waals surface area contributed by atoms with Gasteiger partial charge in [-0.3, -0.25) is 4.79 Å². The summed E-state index contributed by atoms with van der Waals surface area (Å²) in [6, 6.07) is -0.253. The number of H-pyrrole nitrogens is 1. The van der Waals surface area contributed by atoms with E-state index in [1.165, 1.54) is 29.8 Å². The van der Waals surface area contributed by atoms with Gasteiger partial charge in [0.1, 0.15) is 10.7 Å². The largest absolute Gasteiger partial charge is 0.514 e. The minimum atomic E-state index is -0.831. The molecule has 2 N–H and O–H groups in total. The minimum Gasteiger partial charge on any atom is -0.437 e. The molecule has 1 aliphatic rings. The third kappa shape index (κ3) is 5.01. The number of hydrogen-bond donors (Lipinski definition) is 2. The number of piperidine rings is 1. The van der Waals surface area contributed by atoms with Gasteiger partial charge in [0.25, 0.3) is 5.91 Å². The molecule has 34 heavy (non-hydrogen) atoms. The lowest BCUT2D eigenvalue weighted by Gasteiger charge is -2.37. The molecule has 182 valence electrons. The van der Waals surface area contributed by atoms with E-state index < -0.39 is 6.16 Å². The number of nitrogens with one attached hydrogen (secondary N) is 2. The molecular formula is C20H21Cl2N5O5S2. The Bertz CT molecular complexity index is 1180. The molecule has 0 aromatic carbocycles. The number of aromatic amines is 1. The topological polar surface area (TPSA) is 119 Å². The van der Waals surface area contributed by atoms with Gasteiger partial charge in [-0.1, -0.05) is 34.5 Å². The van der Waals surface area contributed by atoms with Crippen LogP contribution >= 0.6 is 45.9 Å². The summed E-state index contributed by atoms with van der Waals surface area (Å²) in [5.41, 5.74) is 1.32. The molecule has 3 aromatic rings. The maximum atomic E-state index is 12.8. The van der Waals surface area contributed by atoms with Gasteiger partial charge in [-0.05, 0) is 13.3 Å². The molecule has 0 spiro atoms. The van der Waals surface area contributed by atoms with Crippen LogP contribution in [0.25, 0.3) is 10.7 Å². The van der Waals surface area contributed by atoms with E-state index in [4.69, 9.17) is 32.7 Å². The van der Waals surface area contributed by atoms with Crippen molar-refractivity contribution in [1.29, 1.82) is 0 Å². The Hall–Kier alpha value is -2.38. The molecule has 0 aliphatic carbocycles. The number of hydrogen-bond acceptors (Lipinski definition) is 10. The molecule has 0 bridgehead atoms. The second-order valence-corrected chi connectivity index (χ2v) is 9.96. The van der Waals surface area contributed by atoms with Crippen LogP contribution in [-0.4, -0.2) is 66.5 Å². The maximum absolute atomic E-state index is 12.8. The summed E-state index contributed by atoms with van der Waals surface area (Å²) >= 11 is 14.9. The molecule has 4 heterocycles. The van der Waals surface area contributed by atoms with Gasteiger partial charge in [0.05, 0.1) is 29.3 Å².